The van der Waals surface area contributed by atoms with E-state index in [9.17, 15) is 4.79 Å². The Balaban J connectivity index is 2.76. The lowest BCUT2D eigenvalue weighted by Gasteiger charge is -2.22. The molecular weight excluding hydrogens is 256 g/mol. The number of benzene rings is 1. The maximum Gasteiger partial charge on any atom is 0.254 e. The molecular formula is C15H24N2O3. The number of nitrogen functional groups attached to an aromatic ring is 1. The van der Waals surface area contributed by atoms with Crippen LogP contribution in [0.5, 0.6) is 0 Å². The summed E-state index contributed by atoms with van der Waals surface area (Å²) in [4.78, 5) is 14.3. The molecule has 1 amide bonds. The summed E-state index contributed by atoms with van der Waals surface area (Å²) < 4.78 is 10.1. The van der Waals surface area contributed by atoms with Crippen molar-refractivity contribution in [1.82, 2.24) is 4.90 Å². The molecule has 20 heavy (non-hydrogen) atoms. The fraction of sp³-hybridized carbons (Fsp3) is 0.533. The molecule has 0 atom stereocenters. The van der Waals surface area contributed by atoms with Gasteiger partial charge in [0.15, 0.2) is 0 Å². The monoisotopic (exact) mass is 280 g/mol. The Morgan fingerprint density at radius 3 is 2.50 bits per heavy atom. The zero-order chi connectivity index (χ0) is 15.0. The average Bonchev–Trinajstić information content (AvgIpc) is 2.45. The van der Waals surface area contributed by atoms with E-state index in [1.165, 1.54) is 0 Å². The third kappa shape index (κ3) is 4.83. The number of nitrogens with zero attached hydrogens (tertiary/aromatic N) is 1. The van der Waals surface area contributed by atoms with E-state index in [0.29, 0.717) is 37.6 Å². The average molecular weight is 280 g/mol. The molecule has 2 N–H and O–H groups in total. The normalized spacial score (nSPS) is 10.6. The van der Waals surface area contributed by atoms with Gasteiger partial charge in [-0.3, -0.25) is 4.79 Å². The van der Waals surface area contributed by atoms with Crippen LogP contribution in [0.25, 0.3) is 0 Å². The predicted octanol–water partition coefficient (Wildman–Crippen LogP) is 1.70. The Hall–Kier alpha value is -1.59. The number of carbonyl (C=O) groups excluding carboxylic acids is 1. The number of ether oxygens (including phenoxy) is 2. The highest BCUT2D eigenvalue weighted by Gasteiger charge is 2.15. The minimum absolute atomic E-state index is 0.0233. The summed E-state index contributed by atoms with van der Waals surface area (Å²) in [5.74, 6) is -0.0233. The van der Waals surface area contributed by atoms with Crippen molar-refractivity contribution in [1.29, 1.82) is 0 Å². The van der Waals surface area contributed by atoms with Gasteiger partial charge in [-0.05, 0) is 31.0 Å². The number of methoxy groups -OCH3 is 2. The molecule has 5 heteroatoms. The largest absolute Gasteiger partial charge is 0.398 e. The Morgan fingerprint density at radius 1 is 1.20 bits per heavy atom. The number of hydrogen-bond donors (Lipinski definition) is 1. The first-order valence-corrected chi connectivity index (χ1v) is 6.73. The van der Waals surface area contributed by atoms with E-state index in [1.807, 2.05) is 19.1 Å². The van der Waals surface area contributed by atoms with Gasteiger partial charge in [0.25, 0.3) is 5.91 Å². The van der Waals surface area contributed by atoms with E-state index in [0.717, 1.165) is 12.0 Å². The lowest BCUT2D eigenvalue weighted by atomic mass is 10.1. The van der Waals surface area contributed by atoms with Crippen LogP contribution in [0.2, 0.25) is 0 Å². The lowest BCUT2D eigenvalue weighted by molar-refractivity contribution is 0.0674. The van der Waals surface area contributed by atoms with Crippen molar-refractivity contribution in [2.24, 2.45) is 0 Å². The van der Waals surface area contributed by atoms with Gasteiger partial charge in [-0.2, -0.15) is 0 Å². The smallest absolute Gasteiger partial charge is 0.254 e. The van der Waals surface area contributed by atoms with Gasteiger partial charge in [0, 0.05) is 45.2 Å². The van der Waals surface area contributed by atoms with Crippen molar-refractivity contribution < 1.29 is 14.3 Å². The molecule has 0 spiro atoms. The highest BCUT2D eigenvalue weighted by Crippen LogP contribution is 2.15. The molecule has 5 nitrogen and oxygen atoms in total. The molecule has 1 rings (SSSR count). The second kappa shape index (κ2) is 8.55. The quantitative estimate of drug-likeness (QED) is 0.581. The number of amides is 1. The van der Waals surface area contributed by atoms with E-state index in [-0.39, 0.29) is 5.91 Å². The Morgan fingerprint density at radius 2 is 1.90 bits per heavy atom. The van der Waals surface area contributed by atoms with E-state index in [4.69, 9.17) is 15.2 Å². The van der Waals surface area contributed by atoms with E-state index < -0.39 is 0 Å². The molecule has 0 fully saturated rings. The molecule has 0 aromatic heterocycles. The summed E-state index contributed by atoms with van der Waals surface area (Å²) >= 11 is 0. The van der Waals surface area contributed by atoms with Crippen LogP contribution < -0.4 is 5.73 Å². The number of carbonyl (C=O) groups is 1. The van der Waals surface area contributed by atoms with Gasteiger partial charge in [0.05, 0.1) is 6.61 Å². The van der Waals surface area contributed by atoms with Gasteiger partial charge < -0.3 is 20.1 Å². The van der Waals surface area contributed by atoms with Gasteiger partial charge in [-0.15, -0.1) is 0 Å². The van der Waals surface area contributed by atoms with Crippen LogP contribution in [0.4, 0.5) is 5.69 Å². The van der Waals surface area contributed by atoms with Crippen molar-refractivity contribution in [3.63, 3.8) is 0 Å². The van der Waals surface area contributed by atoms with Crippen molar-refractivity contribution in [2.75, 3.05) is 46.3 Å². The molecule has 0 bridgehead atoms. The van der Waals surface area contributed by atoms with E-state index >= 15 is 0 Å². The Bertz CT molecular complexity index is 435. The first kappa shape index (κ1) is 16.5. The summed E-state index contributed by atoms with van der Waals surface area (Å²) in [6.45, 7) is 4.27. The number of aryl methyl sites for hydroxylation is 1. The highest BCUT2D eigenvalue weighted by molar-refractivity contribution is 5.95. The van der Waals surface area contributed by atoms with Gasteiger partial charge in [-0.25, -0.2) is 0 Å². The molecule has 0 unspecified atom stereocenters. The van der Waals surface area contributed by atoms with Crippen molar-refractivity contribution in [3.8, 4) is 0 Å². The molecule has 0 saturated heterocycles. The number of rotatable bonds is 8. The maximum atomic E-state index is 12.5. The highest BCUT2D eigenvalue weighted by atomic mass is 16.5. The zero-order valence-corrected chi connectivity index (χ0v) is 12.5. The van der Waals surface area contributed by atoms with Crippen LogP contribution in [0.1, 0.15) is 22.3 Å². The van der Waals surface area contributed by atoms with Crippen LogP contribution in [0.3, 0.4) is 0 Å². The summed E-state index contributed by atoms with van der Waals surface area (Å²) in [5, 5.41) is 0. The van der Waals surface area contributed by atoms with Crippen LogP contribution in [-0.4, -0.2) is 51.3 Å². The molecule has 0 radical (unpaired) electrons. The summed E-state index contributed by atoms with van der Waals surface area (Å²) in [6.07, 6.45) is 0.799. The van der Waals surface area contributed by atoms with Gasteiger partial charge in [-0.1, -0.05) is 6.07 Å². The Kier molecular flexibility index (Phi) is 7.04. The first-order valence-electron chi connectivity index (χ1n) is 6.73. The second-order valence-corrected chi connectivity index (χ2v) is 4.70. The lowest BCUT2D eigenvalue weighted by Crippen LogP contribution is -2.35. The van der Waals surface area contributed by atoms with E-state index in [2.05, 4.69) is 0 Å². The van der Waals surface area contributed by atoms with Crippen LogP contribution in [0.15, 0.2) is 18.2 Å². The van der Waals surface area contributed by atoms with Gasteiger partial charge >= 0.3 is 0 Å². The van der Waals surface area contributed by atoms with Crippen LogP contribution >= 0.6 is 0 Å². The predicted molar refractivity (Wildman–Crippen MR) is 79.9 cm³/mol. The van der Waals surface area contributed by atoms with Crippen LogP contribution in [-0.2, 0) is 9.47 Å². The maximum absolute atomic E-state index is 12.5. The van der Waals surface area contributed by atoms with E-state index in [1.54, 1.807) is 25.2 Å². The molecule has 0 saturated carbocycles. The van der Waals surface area contributed by atoms with Crippen molar-refractivity contribution in [2.45, 2.75) is 13.3 Å². The minimum atomic E-state index is -0.0233. The third-order valence-corrected chi connectivity index (χ3v) is 3.16. The fourth-order valence-electron chi connectivity index (χ4n) is 1.87. The number of anilines is 1. The molecule has 0 aliphatic heterocycles. The van der Waals surface area contributed by atoms with Crippen molar-refractivity contribution in [3.05, 3.63) is 29.3 Å². The fourth-order valence-corrected chi connectivity index (χ4v) is 1.87. The second-order valence-electron chi connectivity index (χ2n) is 4.70. The first-order chi connectivity index (χ1) is 9.60. The Labute approximate surface area is 120 Å². The molecule has 1 aromatic rings. The van der Waals surface area contributed by atoms with Crippen LogP contribution in [0, 0.1) is 6.92 Å². The molecule has 0 heterocycles. The van der Waals surface area contributed by atoms with Gasteiger partial charge in [0.2, 0.25) is 0 Å². The minimum Gasteiger partial charge on any atom is -0.398 e. The van der Waals surface area contributed by atoms with Gasteiger partial charge in [0.1, 0.15) is 0 Å². The summed E-state index contributed by atoms with van der Waals surface area (Å²) in [7, 11) is 3.28. The standard InChI is InChI=1S/C15H24N2O3/c1-12-5-6-13(11-14(12)16)15(18)17(8-10-20-3)7-4-9-19-2/h5-6,11H,4,7-10,16H2,1-3H3. The molecule has 112 valence electrons. The summed E-state index contributed by atoms with van der Waals surface area (Å²) in [6, 6.07) is 5.41. The zero-order valence-electron chi connectivity index (χ0n) is 12.5. The number of hydrogen-bond acceptors (Lipinski definition) is 4. The number of nitrogens with two attached hydrogens (primary N) is 1. The molecule has 0 aliphatic rings. The molecule has 1 aromatic carbocycles. The molecule has 0 aliphatic carbocycles. The third-order valence-electron chi connectivity index (χ3n) is 3.16. The summed E-state index contributed by atoms with van der Waals surface area (Å²) in [5.41, 5.74) is 8.09. The topological polar surface area (TPSA) is 64.8 Å². The SMILES string of the molecule is COCCCN(CCOC)C(=O)c1ccc(C)c(N)c1. The van der Waals surface area contributed by atoms with Crippen molar-refractivity contribution >= 4 is 11.6 Å².